The van der Waals surface area contributed by atoms with Crippen LogP contribution in [0.5, 0.6) is 0 Å². The number of carbonyl (C=O) groups is 1. The van der Waals surface area contributed by atoms with E-state index < -0.39 is 24.5 Å². The highest BCUT2D eigenvalue weighted by atomic mass is 35.5. The van der Waals surface area contributed by atoms with E-state index in [2.05, 4.69) is 10.3 Å². The number of hydrogen-bond donors (Lipinski definition) is 4. The third kappa shape index (κ3) is 3.83. The van der Waals surface area contributed by atoms with Crippen molar-refractivity contribution in [2.75, 3.05) is 6.54 Å². The van der Waals surface area contributed by atoms with Gasteiger partial charge in [0.1, 0.15) is 24.0 Å². The molecule has 25 heavy (non-hydrogen) atoms. The minimum Gasteiger partial charge on any atom is -0.387 e. The summed E-state index contributed by atoms with van der Waals surface area (Å²) in [7, 11) is 0. The number of aliphatic hydroxyl groups excluding tert-OH is 2. The summed E-state index contributed by atoms with van der Waals surface area (Å²) in [5.41, 5.74) is 6.57. The van der Waals surface area contributed by atoms with Crippen LogP contribution < -0.4 is 11.1 Å². The maximum Gasteiger partial charge on any atom is 0.271 e. The Morgan fingerprint density at radius 2 is 2.04 bits per heavy atom. The number of ether oxygens (including phenoxy) is 1. The van der Waals surface area contributed by atoms with E-state index in [1.807, 2.05) is 12.1 Å². The smallest absolute Gasteiger partial charge is 0.271 e. The van der Waals surface area contributed by atoms with E-state index in [1.54, 1.807) is 12.1 Å². The van der Waals surface area contributed by atoms with Crippen LogP contribution in [0.3, 0.4) is 0 Å². The van der Waals surface area contributed by atoms with Crippen LogP contribution in [-0.4, -0.2) is 50.5 Å². The van der Waals surface area contributed by atoms with Gasteiger partial charge >= 0.3 is 0 Å². The van der Waals surface area contributed by atoms with Gasteiger partial charge in [-0.2, -0.15) is 0 Å². The van der Waals surface area contributed by atoms with Crippen molar-refractivity contribution in [3.05, 3.63) is 53.1 Å². The molecule has 9 heteroatoms. The summed E-state index contributed by atoms with van der Waals surface area (Å²) in [6.45, 7) is 0.414. The number of rotatable bonds is 5. The molecule has 5 N–H and O–H groups in total. The average Bonchev–Trinajstić information content (AvgIpc) is 3.20. The number of aliphatic hydroxyl groups is 2. The molecular formula is C16H19ClN4O4. The van der Waals surface area contributed by atoms with Crippen LogP contribution in [0.4, 0.5) is 0 Å². The lowest BCUT2D eigenvalue weighted by molar-refractivity contribution is -0.0344. The Kier molecular flexibility index (Phi) is 5.36. The molecule has 0 bridgehead atoms. The van der Waals surface area contributed by atoms with Crippen LogP contribution in [0, 0.1) is 0 Å². The molecule has 2 heterocycles. The number of nitrogens with one attached hydrogen (secondary N) is 1. The van der Waals surface area contributed by atoms with Crippen LogP contribution in [0.25, 0.3) is 0 Å². The zero-order valence-corrected chi connectivity index (χ0v) is 14.0. The van der Waals surface area contributed by atoms with E-state index in [-0.39, 0.29) is 18.1 Å². The summed E-state index contributed by atoms with van der Waals surface area (Å²) in [6.07, 6.45) is -0.904. The SMILES string of the molecule is NCC1OC(n2cnc(C(=O)NCc3ccc(Cl)cc3)c2)C(O)C1O. The van der Waals surface area contributed by atoms with Crippen molar-refractivity contribution in [2.24, 2.45) is 5.73 Å². The second kappa shape index (κ2) is 7.51. The van der Waals surface area contributed by atoms with Crippen LogP contribution in [0.1, 0.15) is 22.3 Å². The second-order valence-corrected chi connectivity index (χ2v) is 6.23. The van der Waals surface area contributed by atoms with Crippen molar-refractivity contribution in [1.82, 2.24) is 14.9 Å². The van der Waals surface area contributed by atoms with Gasteiger partial charge in [0.15, 0.2) is 6.23 Å². The maximum atomic E-state index is 12.2. The molecule has 8 nitrogen and oxygen atoms in total. The fraction of sp³-hybridized carbons (Fsp3) is 0.375. The van der Waals surface area contributed by atoms with E-state index in [0.29, 0.717) is 11.6 Å². The largest absolute Gasteiger partial charge is 0.387 e. The number of hydrogen-bond acceptors (Lipinski definition) is 6. The molecule has 4 unspecified atom stereocenters. The van der Waals surface area contributed by atoms with Gasteiger partial charge in [-0.05, 0) is 17.7 Å². The third-order valence-electron chi connectivity index (χ3n) is 4.06. The minimum atomic E-state index is -1.15. The number of imidazole rings is 1. The van der Waals surface area contributed by atoms with Gasteiger partial charge in [0.25, 0.3) is 5.91 Å². The number of benzene rings is 1. The number of carbonyl (C=O) groups excluding carboxylic acids is 1. The highest BCUT2D eigenvalue weighted by molar-refractivity contribution is 6.30. The Balaban J connectivity index is 1.63. The van der Waals surface area contributed by atoms with Gasteiger partial charge in [-0.1, -0.05) is 23.7 Å². The molecule has 1 fully saturated rings. The van der Waals surface area contributed by atoms with Crippen LogP contribution in [0.2, 0.25) is 5.02 Å². The molecule has 1 aliphatic heterocycles. The topological polar surface area (TPSA) is 123 Å². The summed E-state index contributed by atoms with van der Waals surface area (Å²) in [4.78, 5) is 16.2. The van der Waals surface area contributed by atoms with Crippen molar-refractivity contribution >= 4 is 17.5 Å². The molecule has 1 aliphatic rings. The van der Waals surface area contributed by atoms with Gasteiger partial charge in [0.05, 0.1) is 6.33 Å². The van der Waals surface area contributed by atoms with Gasteiger partial charge in [-0.25, -0.2) is 4.98 Å². The lowest BCUT2D eigenvalue weighted by Crippen LogP contribution is -2.35. The Morgan fingerprint density at radius 3 is 2.68 bits per heavy atom. The van der Waals surface area contributed by atoms with Crippen LogP contribution >= 0.6 is 11.6 Å². The molecule has 0 aliphatic carbocycles. The maximum absolute atomic E-state index is 12.2. The molecule has 0 saturated carbocycles. The lowest BCUT2D eigenvalue weighted by atomic mass is 10.1. The van der Waals surface area contributed by atoms with E-state index in [0.717, 1.165) is 5.56 Å². The molecule has 134 valence electrons. The molecule has 1 aromatic heterocycles. The summed E-state index contributed by atoms with van der Waals surface area (Å²) in [5.74, 6) is -0.364. The standard InChI is InChI=1S/C16H19ClN4O4/c17-10-3-1-9(2-4-10)6-19-15(24)11-7-21(8-20-11)16-14(23)13(22)12(5-18)25-16/h1-4,7-8,12-14,16,22-23H,5-6,18H2,(H,19,24). The normalized spacial score (nSPS) is 25.9. The Hall–Kier alpha value is -1.97. The lowest BCUT2D eigenvalue weighted by Gasteiger charge is -2.15. The fourth-order valence-electron chi connectivity index (χ4n) is 2.64. The molecule has 4 atom stereocenters. The Bertz CT molecular complexity index is 736. The summed E-state index contributed by atoms with van der Waals surface area (Å²) >= 11 is 5.82. The van der Waals surface area contributed by atoms with E-state index >= 15 is 0 Å². The summed E-state index contributed by atoms with van der Waals surface area (Å²) in [6, 6.07) is 7.13. The molecule has 1 aromatic carbocycles. The van der Waals surface area contributed by atoms with Crippen molar-refractivity contribution in [3.63, 3.8) is 0 Å². The van der Waals surface area contributed by atoms with Gasteiger partial charge in [-0.3, -0.25) is 4.79 Å². The van der Waals surface area contributed by atoms with Crippen molar-refractivity contribution in [3.8, 4) is 0 Å². The van der Waals surface area contributed by atoms with Crippen LogP contribution in [0.15, 0.2) is 36.8 Å². The molecule has 1 saturated heterocycles. The highest BCUT2D eigenvalue weighted by Gasteiger charge is 2.42. The van der Waals surface area contributed by atoms with Crippen LogP contribution in [-0.2, 0) is 11.3 Å². The minimum absolute atomic E-state index is 0.0812. The van der Waals surface area contributed by atoms with E-state index in [9.17, 15) is 15.0 Å². The number of aromatic nitrogens is 2. The molecule has 1 amide bonds. The zero-order chi connectivity index (χ0) is 18.0. The van der Waals surface area contributed by atoms with Gasteiger partial charge in [0, 0.05) is 24.3 Å². The first-order chi connectivity index (χ1) is 12.0. The molecule has 3 rings (SSSR count). The van der Waals surface area contributed by atoms with Gasteiger partial charge in [-0.15, -0.1) is 0 Å². The molecule has 2 aromatic rings. The van der Waals surface area contributed by atoms with Gasteiger partial charge < -0.3 is 30.6 Å². The van der Waals surface area contributed by atoms with Crippen molar-refractivity contribution in [2.45, 2.75) is 31.1 Å². The second-order valence-electron chi connectivity index (χ2n) is 5.80. The summed E-state index contributed by atoms with van der Waals surface area (Å²) in [5, 5.41) is 23.3. The third-order valence-corrected chi connectivity index (χ3v) is 4.32. The van der Waals surface area contributed by atoms with Crippen molar-refractivity contribution < 1.29 is 19.7 Å². The average molecular weight is 367 g/mol. The van der Waals surface area contributed by atoms with E-state index in [4.69, 9.17) is 22.1 Å². The molecule has 0 spiro atoms. The first kappa shape index (κ1) is 17.8. The van der Waals surface area contributed by atoms with Crippen molar-refractivity contribution in [1.29, 1.82) is 0 Å². The Morgan fingerprint density at radius 1 is 1.32 bits per heavy atom. The van der Waals surface area contributed by atoms with E-state index in [1.165, 1.54) is 17.1 Å². The predicted molar refractivity (Wildman–Crippen MR) is 89.8 cm³/mol. The predicted octanol–water partition coefficient (Wildman–Crippen LogP) is 0.0444. The number of nitrogens with zero attached hydrogens (tertiary/aromatic N) is 2. The first-order valence-corrected chi connectivity index (χ1v) is 8.15. The zero-order valence-electron chi connectivity index (χ0n) is 13.2. The first-order valence-electron chi connectivity index (χ1n) is 7.77. The summed E-state index contributed by atoms with van der Waals surface area (Å²) < 4.78 is 6.95. The molecule has 0 radical (unpaired) electrons. The fourth-order valence-corrected chi connectivity index (χ4v) is 2.76. The monoisotopic (exact) mass is 366 g/mol. The number of nitrogens with two attached hydrogens (primary N) is 1. The highest BCUT2D eigenvalue weighted by Crippen LogP contribution is 2.28. The number of halogens is 1. The number of amides is 1. The molecular weight excluding hydrogens is 348 g/mol. The Labute approximate surface area is 149 Å². The van der Waals surface area contributed by atoms with Gasteiger partial charge in [0.2, 0.25) is 0 Å². The quantitative estimate of drug-likeness (QED) is 0.592.